The maximum Gasteiger partial charge on any atom is 0.371 e. The average Bonchev–Trinajstić information content (AvgIpc) is 2.73. The summed E-state index contributed by atoms with van der Waals surface area (Å²) in [5, 5.41) is 8.81. The van der Waals surface area contributed by atoms with Gasteiger partial charge >= 0.3 is 5.97 Å². The number of carbonyl (C=O) groups is 1. The van der Waals surface area contributed by atoms with Crippen LogP contribution in [0.5, 0.6) is 0 Å². The summed E-state index contributed by atoms with van der Waals surface area (Å²) in [7, 11) is 4.02. The molecule has 0 aliphatic carbocycles. The van der Waals surface area contributed by atoms with Crippen LogP contribution in [0.4, 0.5) is 5.88 Å². The predicted molar refractivity (Wildman–Crippen MR) is 66.7 cm³/mol. The van der Waals surface area contributed by atoms with Crippen molar-refractivity contribution in [1.82, 2.24) is 4.90 Å². The van der Waals surface area contributed by atoms with Gasteiger partial charge in [0.1, 0.15) is 0 Å². The summed E-state index contributed by atoms with van der Waals surface area (Å²) in [6, 6.07) is 3.21. The van der Waals surface area contributed by atoms with Gasteiger partial charge in [-0.2, -0.15) is 0 Å². The van der Waals surface area contributed by atoms with Crippen LogP contribution >= 0.6 is 0 Å². The highest BCUT2D eigenvalue weighted by atomic mass is 16.4. The van der Waals surface area contributed by atoms with Crippen LogP contribution in [-0.2, 0) is 0 Å². The minimum absolute atomic E-state index is 0.00837. The molecule has 0 radical (unpaired) electrons. The maximum atomic E-state index is 10.7. The van der Waals surface area contributed by atoms with Crippen molar-refractivity contribution < 1.29 is 14.3 Å². The van der Waals surface area contributed by atoms with Gasteiger partial charge in [-0.05, 0) is 26.6 Å². The Hall–Kier alpha value is -1.49. The molecule has 0 spiro atoms. The Kier molecular flexibility index (Phi) is 5.03. The van der Waals surface area contributed by atoms with Crippen LogP contribution in [0.3, 0.4) is 0 Å². The number of carboxylic acids is 1. The molecule has 0 fully saturated rings. The Morgan fingerprint density at radius 3 is 2.47 bits per heavy atom. The molecule has 0 saturated heterocycles. The van der Waals surface area contributed by atoms with E-state index in [0.717, 1.165) is 26.1 Å². The van der Waals surface area contributed by atoms with Gasteiger partial charge in [-0.15, -0.1) is 0 Å². The molecule has 0 bridgehead atoms. The van der Waals surface area contributed by atoms with Crippen molar-refractivity contribution in [2.24, 2.45) is 0 Å². The van der Waals surface area contributed by atoms with E-state index in [9.17, 15) is 4.79 Å². The van der Waals surface area contributed by atoms with E-state index in [1.807, 2.05) is 14.1 Å². The number of hydrogen-bond acceptors (Lipinski definition) is 4. The van der Waals surface area contributed by atoms with Crippen LogP contribution in [-0.4, -0.2) is 49.7 Å². The highest BCUT2D eigenvalue weighted by Crippen LogP contribution is 2.18. The number of rotatable bonds is 7. The van der Waals surface area contributed by atoms with E-state index in [0.29, 0.717) is 5.88 Å². The van der Waals surface area contributed by atoms with Gasteiger partial charge in [-0.3, -0.25) is 0 Å². The summed E-state index contributed by atoms with van der Waals surface area (Å²) < 4.78 is 5.30. The highest BCUT2D eigenvalue weighted by molar-refractivity contribution is 5.84. The van der Waals surface area contributed by atoms with Crippen molar-refractivity contribution in [1.29, 1.82) is 0 Å². The summed E-state index contributed by atoms with van der Waals surface area (Å²) in [4.78, 5) is 14.9. The monoisotopic (exact) mass is 240 g/mol. The molecule has 0 amide bonds. The minimum atomic E-state index is -1.03. The van der Waals surface area contributed by atoms with Crippen LogP contribution in [0, 0.1) is 0 Å². The lowest BCUT2D eigenvalue weighted by Crippen LogP contribution is -2.32. The average molecular weight is 240 g/mol. The third-order valence-corrected chi connectivity index (χ3v) is 2.42. The second-order valence-electron chi connectivity index (χ2n) is 4.23. The second-order valence-corrected chi connectivity index (χ2v) is 4.23. The van der Waals surface area contributed by atoms with Gasteiger partial charge in [-0.1, -0.05) is 6.92 Å². The van der Waals surface area contributed by atoms with E-state index in [1.165, 1.54) is 6.07 Å². The fourth-order valence-electron chi connectivity index (χ4n) is 1.54. The van der Waals surface area contributed by atoms with Crippen molar-refractivity contribution in [3.8, 4) is 0 Å². The smallest absolute Gasteiger partial charge is 0.371 e. The molecule has 5 nitrogen and oxygen atoms in total. The molecule has 1 heterocycles. The summed E-state index contributed by atoms with van der Waals surface area (Å²) in [6.07, 6.45) is 0.997. The van der Waals surface area contributed by atoms with Gasteiger partial charge in [0.25, 0.3) is 0 Å². The normalized spacial score (nSPS) is 10.8. The standard InChI is InChI=1S/C12H20N2O3/c1-4-7-14(9-8-13(2)3)11-6-5-10(17-11)12(15)16/h5-6H,4,7-9H2,1-3H3,(H,15,16). The Morgan fingerprint density at radius 1 is 1.29 bits per heavy atom. The quantitative estimate of drug-likeness (QED) is 0.787. The number of anilines is 1. The van der Waals surface area contributed by atoms with Crippen LogP contribution in [0.2, 0.25) is 0 Å². The van der Waals surface area contributed by atoms with Crippen molar-refractivity contribution in [2.45, 2.75) is 13.3 Å². The lowest BCUT2D eigenvalue weighted by Gasteiger charge is -2.23. The molecule has 17 heavy (non-hydrogen) atoms. The molecule has 1 N–H and O–H groups in total. The molecule has 5 heteroatoms. The highest BCUT2D eigenvalue weighted by Gasteiger charge is 2.13. The van der Waals surface area contributed by atoms with Crippen molar-refractivity contribution in [2.75, 3.05) is 38.6 Å². The van der Waals surface area contributed by atoms with Crippen molar-refractivity contribution in [3.05, 3.63) is 17.9 Å². The molecule has 0 atom stereocenters. The molecule has 0 saturated carbocycles. The molecule has 0 unspecified atom stereocenters. The van der Waals surface area contributed by atoms with Gasteiger partial charge in [-0.25, -0.2) is 4.79 Å². The second kappa shape index (κ2) is 6.30. The summed E-state index contributed by atoms with van der Waals surface area (Å²) in [5.74, 6) is -0.405. The Morgan fingerprint density at radius 2 is 2.00 bits per heavy atom. The summed E-state index contributed by atoms with van der Waals surface area (Å²) in [6.45, 7) is 4.68. The zero-order valence-corrected chi connectivity index (χ0v) is 10.6. The molecular weight excluding hydrogens is 220 g/mol. The predicted octanol–water partition coefficient (Wildman–Crippen LogP) is 1.76. The number of aromatic carboxylic acids is 1. The molecule has 1 rings (SSSR count). The number of nitrogens with zero attached hydrogens (tertiary/aromatic N) is 2. The zero-order chi connectivity index (χ0) is 12.8. The number of likely N-dealkylation sites (N-methyl/N-ethyl adjacent to an activating group) is 1. The molecule has 0 aliphatic rings. The van der Waals surface area contributed by atoms with E-state index >= 15 is 0 Å². The molecule has 0 aliphatic heterocycles. The third-order valence-electron chi connectivity index (χ3n) is 2.42. The number of furan rings is 1. The maximum absolute atomic E-state index is 10.7. The van der Waals surface area contributed by atoms with Gasteiger partial charge in [0.15, 0.2) is 5.88 Å². The fourth-order valence-corrected chi connectivity index (χ4v) is 1.54. The minimum Gasteiger partial charge on any atom is -0.475 e. The van der Waals surface area contributed by atoms with Gasteiger partial charge < -0.3 is 19.3 Å². The van der Waals surface area contributed by atoms with Gasteiger partial charge in [0, 0.05) is 25.7 Å². The van der Waals surface area contributed by atoms with E-state index < -0.39 is 5.97 Å². The Labute approximate surface area is 102 Å². The van der Waals surface area contributed by atoms with Crippen LogP contribution in [0.15, 0.2) is 16.5 Å². The Balaban J connectivity index is 2.70. The number of hydrogen-bond donors (Lipinski definition) is 1. The molecule has 1 aromatic rings. The lowest BCUT2D eigenvalue weighted by atomic mass is 10.4. The summed E-state index contributed by atoms with van der Waals surface area (Å²) in [5.41, 5.74) is 0. The first-order valence-corrected chi connectivity index (χ1v) is 5.77. The van der Waals surface area contributed by atoms with Crippen LogP contribution < -0.4 is 4.90 Å². The fraction of sp³-hybridized carbons (Fsp3) is 0.583. The lowest BCUT2D eigenvalue weighted by molar-refractivity contribution is 0.0663. The number of carboxylic acid groups (broad SMARTS) is 1. The molecule has 1 aromatic heterocycles. The third kappa shape index (κ3) is 4.11. The van der Waals surface area contributed by atoms with Crippen LogP contribution in [0.1, 0.15) is 23.9 Å². The van der Waals surface area contributed by atoms with E-state index in [-0.39, 0.29) is 5.76 Å². The Bertz CT molecular complexity index is 360. The van der Waals surface area contributed by atoms with E-state index in [2.05, 4.69) is 16.7 Å². The molecule has 96 valence electrons. The van der Waals surface area contributed by atoms with Crippen LogP contribution in [0.25, 0.3) is 0 Å². The first-order chi connectivity index (χ1) is 8.04. The SMILES string of the molecule is CCCN(CCN(C)C)c1ccc(C(=O)O)o1. The first kappa shape index (κ1) is 13.6. The topological polar surface area (TPSA) is 56.9 Å². The molecular formula is C12H20N2O3. The van der Waals surface area contributed by atoms with Gasteiger partial charge in [0.2, 0.25) is 5.76 Å². The van der Waals surface area contributed by atoms with E-state index in [4.69, 9.17) is 9.52 Å². The zero-order valence-electron chi connectivity index (χ0n) is 10.6. The largest absolute Gasteiger partial charge is 0.475 e. The summed E-state index contributed by atoms with van der Waals surface area (Å²) >= 11 is 0. The van der Waals surface area contributed by atoms with E-state index in [1.54, 1.807) is 6.07 Å². The van der Waals surface area contributed by atoms with Gasteiger partial charge in [0.05, 0.1) is 0 Å². The first-order valence-electron chi connectivity index (χ1n) is 5.77. The van der Waals surface area contributed by atoms with Crippen molar-refractivity contribution in [3.63, 3.8) is 0 Å². The molecule has 0 aromatic carbocycles. The van der Waals surface area contributed by atoms with Crippen molar-refractivity contribution >= 4 is 11.9 Å².